The molecule has 20 heavy (non-hydrogen) atoms. The Balaban J connectivity index is 2.38. The van der Waals surface area contributed by atoms with Gasteiger partial charge in [-0.25, -0.2) is 12.8 Å². The van der Waals surface area contributed by atoms with Crippen molar-refractivity contribution in [1.82, 2.24) is 0 Å². The summed E-state index contributed by atoms with van der Waals surface area (Å²) in [4.78, 5) is 0.143. The summed E-state index contributed by atoms with van der Waals surface area (Å²) in [5.41, 5.74) is 1.19. The fourth-order valence-corrected chi connectivity index (χ4v) is 3.14. The minimum atomic E-state index is -3.63. The van der Waals surface area contributed by atoms with Crippen LogP contribution in [-0.4, -0.2) is 8.42 Å². The van der Waals surface area contributed by atoms with Gasteiger partial charge < -0.3 is 0 Å². The molecule has 0 aliphatic carbocycles. The average Bonchev–Trinajstić information content (AvgIpc) is 2.41. The maximum atomic E-state index is 13.6. The van der Waals surface area contributed by atoms with E-state index in [9.17, 15) is 12.8 Å². The van der Waals surface area contributed by atoms with Crippen LogP contribution in [0, 0.1) is 24.1 Å². The van der Waals surface area contributed by atoms with Gasteiger partial charge in [0.15, 0.2) is 9.84 Å². The number of hydrogen-bond acceptors (Lipinski definition) is 3. The molecule has 0 aromatic heterocycles. The molecule has 0 bridgehead atoms. The zero-order valence-electron chi connectivity index (χ0n) is 10.8. The van der Waals surface area contributed by atoms with E-state index in [4.69, 9.17) is 5.26 Å². The molecular formula is C15H12FNO2S. The highest BCUT2D eigenvalue weighted by Crippen LogP contribution is 2.19. The second kappa shape index (κ2) is 5.43. The lowest BCUT2D eigenvalue weighted by Gasteiger charge is -2.06. The number of hydrogen-bond donors (Lipinski definition) is 0. The number of nitriles is 1. The van der Waals surface area contributed by atoms with Crippen molar-refractivity contribution in [3.8, 4) is 6.07 Å². The van der Waals surface area contributed by atoms with Gasteiger partial charge >= 0.3 is 0 Å². The smallest absolute Gasteiger partial charge is 0.182 e. The highest BCUT2D eigenvalue weighted by molar-refractivity contribution is 7.90. The Morgan fingerprint density at radius 2 is 1.80 bits per heavy atom. The minimum absolute atomic E-state index is 0.00428. The second-order valence-electron chi connectivity index (χ2n) is 4.49. The molecule has 0 atom stereocenters. The zero-order chi connectivity index (χ0) is 14.8. The molecule has 0 heterocycles. The third-order valence-corrected chi connectivity index (χ3v) is 4.58. The van der Waals surface area contributed by atoms with Crippen molar-refractivity contribution in [3.05, 3.63) is 65.0 Å². The first-order valence-electron chi connectivity index (χ1n) is 5.90. The van der Waals surface area contributed by atoms with Crippen LogP contribution in [0.3, 0.4) is 0 Å². The standard InChI is InChI=1S/C15H12FNO2S/c1-11-2-5-14(6-3-11)20(18,19)10-13-8-12(9-17)4-7-15(13)16/h2-8H,10H2,1H3. The van der Waals surface area contributed by atoms with Crippen molar-refractivity contribution in [2.75, 3.05) is 0 Å². The molecule has 0 aliphatic heterocycles. The van der Waals surface area contributed by atoms with Gasteiger partial charge in [-0.15, -0.1) is 0 Å². The lowest BCUT2D eigenvalue weighted by atomic mass is 10.1. The number of benzene rings is 2. The van der Waals surface area contributed by atoms with E-state index < -0.39 is 21.4 Å². The van der Waals surface area contributed by atoms with Crippen LogP contribution >= 0.6 is 0 Å². The third-order valence-electron chi connectivity index (χ3n) is 2.90. The van der Waals surface area contributed by atoms with E-state index in [0.29, 0.717) is 0 Å². The summed E-state index contributed by atoms with van der Waals surface area (Å²) in [6.45, 7) is 1.85. The molecular weight excluding hydrogens is 277 g/mol. The van der Waals surface area contributed by atoms with Gasteiger partial charge in [-0.05, 0) is 37.3 Å². The second-order valence-corrected chi connectivity index (χ2v) is 6.48. The Hall–Kier alpha value is -2.19. The largest absolute Gasteiger partial charge is 0.223 e. The summed E-state index contributed by atoms with van der Waals surface area (Å²) in [7, 11) is -3.63. The average molecular weight is 289 g/mol. The van der Waals surface area contributed by atoms with Crippen molar-refractivity contribution in [2.45, 2.75) is 17.6 Å². The monoisotopic (exact) mass is 289 g/mol. The first kappa shape index (κ1) is 14.2. The van der Waals surface area contributed by atoms with Crippen molar-refractivity contribution in [3.63, 3.8) is 0 Å². The lowest BCUT2D eigenvalue weighted by molar-refractivity contribution is 0.587. The number of rotatable bonds is 3. The van der Waals surface area contributed by atoms with Crippen molar-refractivity contribution >= 4 is 9.84 Å². The zero-order valence-corrected chi connectivity index (χ0v) is 11.6. The molecule has 0 fully saturated rings. The summed E-state index contributed by atoms with van der Waals surface area (Å²) >= 11 is 0. The maximum absolute atomic E-state index is 13.6. The van der Waals surface area contributed by atoms with E-state index in [-0.39, 0.29) is 16.0 Å². The predicted molar refractivity (Wildman–Crippen MR) is 73.2 cm³/mol. The predicted octanol–water partition coefficient (Wildman–Crippen LogP) is 2.98. The first-order chi connectivity index (χ1) is 9.42. The van der Waals surface area contributed by atoms with Crippen LogP contribution in [0.1, 0.15) is 16.7 Å². The summed E-state index contributed by atoms with van der Waals surface area (Å²) < 4.78 is 38.1. The van der Waals surface area contributed by atoms with E-state index >= 15 is 0 Å². The summed E-state index contributed by atoms with van der Waals surface area (Å²) in [6, 6.07) is 11.9. The van der Waals surface area contributed by atoms with Gasteiger partial charge in [-0.1, -0.05) is 17.7 Å². The molecule has 0 aliphatic rings. The van der Waals surface area contributed by atoms with Gasteiger partial charge in [0.25, 0.3) is 0 Å². The van der Waals surface area contributed by atoms with Gasteiger partial charge in [-0.3, -0.25) is 0 Å². The summed E-state index contributed by atoms with van der Waals surface area (Å²) in [6.07, 6.45) is 0. The molecule has 0 unspecified atom stereocenters. The normalized spacial score (nSPS) is 11.1. The van der Waals surface area contributed by atoms with E-state index in [2.05, 4.69) is 0 Å². The van der Waals surface area contributed by atoms with Crippen LogP contribution < -0.4 is 0 Å². The van der Waals surface area contributed by atoms with E-state index in [1.54, 1.807) is 12.1 Å². The Morgan fingerprint density at radius 1 is 1.15 bits per heavy atom. The first-order valence-corrected chi connectivity index (χ1v) is 7.55. The lowest BCUT2D eigenvalue weighted by Crippen LogP contribution is -2.06. The Kier molecular flexibility index (Phi) is 3.86. The Bertz CT molecular complexity index is 775. The van der Waals surface area contributed by atoms with Crippen LogP contribution in [-0.2, 0) is 15.6 Å². The molecule has 0 amide bonds. The molecule has 102 valence electrons. The van der Waals surface area contributed by atoms with Gasteiger partial charge in [0, 0.05) is 5.56 Å². The van der Waals surface area contributed by atoms with Gasteiger partial charge in [0.1, 0.15) is 5.82 Å². The fraction of sp³-hybridized carbons (Fsp3) is 0.133. The highest BCUT2D eigenvalue weighted by atomic mass is 32.2. The minimum Gasteiger partial charge on any atom is -0.223 e. The molecule has 3 nitrogen and oxygen atoms in total. The van der Waals surface area contributed by atoms with E-state index in [0.717, 1.165) is 11.6 Å². The SMILES string of the molecule is Cc1ccc(S(=O)(=O)Cc2cc(C#N)ccc2F)cc1. The molecule has 2 aromatic carbocycles. The quantitative estimate of drug-likeness (QED) is 0.872. The maximum Gasteiger partial charge on any atom is 0.182 e. The number of sulfone groups is 1. The van der Waals surface area contributed by atoms with Crippen LogP contribution in [0.5, 0.6) is 0 Å². The number of aryl methyl sites for hydroxylation is 1. The van der Waals surface area contributed by atoms with Crippen LogP contribution in [0.2, 0.25) is 0 Å². The Labute approximate surface area is 117 Å². The van der Waals surface area contributed by atoms with E-state index in [1.807, 2.05) is 13.0 Å². The van der Waals surface area contributed by atoms with Gasteiger partial charge in [0.05, 0.1) is 22.3 Å². The molecule has 0 spiro atoms. The third kappa shape index (κ3) is 3.03. The fourth-order valence-electron chi connectivity index (χ4n) is 1.79. The van der Waals surface area contributed by atoms with Gasteiger partial charge in [0.2, 0.25) is 0 Å². The molecule has 5 heteroatoms. The molecule has 0 N–H and O–H groups in total. The van der Waals surface area contributed by atoms with E-state index in [1.165, 1.54) is 24.3 Å². The number of nitrogens with zero attached hydrogens (tertiary/aromatic N) is 1. The number of halogens is 1. The summed E-state index contributed by atoms with van der Waals surface area (Å²) in [5.74, 6) is -1.09. The van der Waals surface area contributed by atoms with Crippen LogP contribution in [0.25, 0.3) is 0 Å². The van der Waals surface area contributed by atoms with Crippen LogP contribution in [0.15, 0.2) is 47.4 Å². The van der Waals surface area contributed by atoms with Crippen LogP contribution in [0.4, 0.5) is 4.39 Å². The van der Waals surface area contributed by atoms with Crippen molar-refractivity contribution in [1.29, 1.82) is 5.26 Å². The molecule has 2 aromatic rings. The summed E-state index contributed by atoms with van der Waals surface area (Å²) in [5, 5.41) is 8.78. The van der Waals surface area contributed by atoms with Crippen molar-refractivity contribution < 1.29 is 12.8 Å². The topological polar surface area (TPSA) is 57.9 Å². The molecule has 2 rings (SSSR count). The van der Waals surface area contributed by atoms with Gasteiger partial charge in [-0.2, -0.15) is 5.26 Å². The molecule has 0 saturated heterocycles. The highest BCUT2D eigenvalue weighted by Gasteiger charge is 2.17. The Morgan fingerprint density at radius 3 is 2.40 bits per heavy atom. The van der Waals surface area contributed by atoms with Crippen molar-refractivity contribution in [2.24, 2.45) is 0 Å². The molecule has 0 saturated carbocycles. The molecule has 0 radical (unpaired) electrons.